The minimum absolute atomic E-state index is 0.134. The van der Waals surface area contributed by atoms with E-state index in [4.69, 9.17) is 0 Å². The van der Waals surface area contributed by atoms with Crippen molar-refractivity contribution < 1.29 is 57.1 Å². The highest BCUT2D eigenvalue weighted by atomic mass is 19.4. The lowest BCUT2D eigenvalue weighted by molar-refractivity contribution is -0.443. The molecule has 0 amide bonds. The zero-order valence-corrected chi connectivity index (χ0v) is 14.5. The number of rotatable bonds is 7. The molecule has 0 nitrogen and oxygen atoms in total. The summed E-state index contributed by atoms with van der Waals surface area (Å²) in [6.07, 6.45) is -8.33. The summed E-state index contributed by atoms with van der Waals surface area (Å²) in [5, 5.41) is 0. The van der Waals surface area contributed by atoms with Crippen LogP contribution in [0.15, 0.2) is 0 Å². The summed E-state index contributed by atoms with van der Waals surface area (Å²) in [5.74, 6) is -40.9. The molecule has 3 unspecified atom stereocenters. The van der Waals surface area contributed by atoms with Gasteiger partial charge < -0.3 is 0 Å². The average Bonchev–Trinajstić information content (AvgIpc) is 2.87. The molecule has 0 spiro atoms. The fourth-order valence-corrected chi connectivity index (χ4v) is 3.55. The molecule has 0 N–H and O–H groups in total. The minimum atomic E-state index is -7.82. The van der Waals surface area contributed by atoms with Gasteiger partial charge in [0.2, 0.25) is 0 Å². The fourth-order valence-electron chi connectivity index (χ4n) is 3.55. The van der Waals surface area contributed by atoms with E-state index in [0.29, 0.717) is 0 Å². The standard InChI is InChI=1S/C15H17F13/c1-3-4-8-5-7(2)6-9(8)10(16,17)11(18,19)12(20,21)13(22,23)14(24,25)15(26,27)28/h7-9H,3-6H2,1-2H3. The third kappa shape index (κ3) is 3.44. The van der Waals surface area contributed by atoms with E-state index in [0.717, 1.165) is 0 Å². The first kappa shape index (κ1) is 25.1. The molecule has 13 heteroatoms. The van der Waals surface area contributed by atoms with Gasteiger partial charge >= 0.3 is 35.8 Å². The zero-order valence-electron chi connectivity index (χ0n) is 14.5. The van der Waals surface area contributed by atoms with E-state index in [1.165, 1.54) is 13.8 Å². The molecule has 1 saturated carbocycles. The van der Waals surface area contributed by atoms with Gasteiger partial charge in [0.25, 0.3) is 0 Å². The van der Waals surface area contributed by atoms with E-state index in [1.54, 1.807) is 0 Å². The number of halogens is 13. The van der Waals surface area contributed by atoms with Crippen LogP contribution >= 0.6 is 0 Å². The van der Waals surface area contributed by atoms with Crippen molar-refractivity contribution >= 4 is 0 Å². The first-order valence-corrected chi connectivity index (χ1v) is 8.15. The van der Waals surface area contributed by atoms with Gasteiger partial charge in [0.1, 0.15) is 0 Å². The van der Waals surface area contributed by atoms with E-state index >= 15 is 0 Å². The number of hydrogen-bond acceptors (Lipinski definition) is 0. The summed E-state index contributed by atoms with van der Waals surface area (Å²) >= 11 is 0. The maximum absolute atomic E-state index is 14.3. The second kappa shape index (κ2) is 7.10. The molecule has 0 aliphatic heterocycles. The van der Waals surface area contributed by atoms with Crippen molar-refractivity contribution in [3.63, 3.8) is 0 Å². The van der Waals surface area contributed by atoms with E-state index in [1.807, 2.05) is 0 Å². The van der Waals surface area contributed by atoms with Crippen LogP contribution in [-0.2, 0) is 0 Å². The molecule has 0 aromatic heterocycles. The third-order valence-corrected chi connectivity index (χ3v) is 5.01. The molecule has 1 rings (SSSR count). The van der Waals surface area contributed by atoms with Gasteiger partial charge in [0.15, 0.2) is 0 Å². The lowest BCUT2D eigenvalue weighted by Gasteiger charge is -2.42. The van der Waals surface area contributed by atoms with Crippen LogP contribution in [-0.4, -0.2) is 35.8 Å². The van der Waals surface area contributed by atoms with Gasteiger partial charge in [-0.2, -0.15) is 57.1 Å². The Morgan fingerprint density at radius 3 is 1.46 bits per heavy atom. The van der Waals surface area contributed by atoms with Gasteiger partial charge in [0.05, 0.1) is 0 Å². The van der Waals surface area contributed by atoms with Crippen molar-refractivity contribution in [2.45, 2.75) is 75.3 Å². The molecule has 0 saturated heterocycles. The van der Waals surface area contributed by atoms with E-state index in [2.05, 4.69) is 0 Å². The highest BCUT2D eigenvalue weighted by Crippen LogP contribution is 2.63. The van der Waals surface area contributed by atoms with Crippen LogP contribution in [0.25, 0.3) is 0 Å². The molecule has 1 aliphatic rings. The largest absolute Gasteiger partial charge is 0.460 e. The SMILES string of the molecule is CCCC1CC(C)CC1C(F)(F)C(F)(F)C(F)(F)C(F)(F)C(F)(F)C(F)(F)F. The van der Waals surface area contributed by atoms with Crippen molar-refractivity contribution in [3.8, 4) is 0 Å². The minimum Gasteiger partial charge on any atom is -0.199 e. The molecule has 0 bridgehead atoms. The lowest BCUT2D eigenvalue weighted by Crippen LogP contribution is -2.71. The van der Waals surface area contributed by atoms with Crippen molar-refractivity contribution in [1.82, 2.24) is 0 Å². The summed E-state index contributed by atoms with van der Waals surface area (Å²) < 4.78 is 172. The van der Waals surface area contributed by atoms with Crippen molar-refractivity contribution in [3.05, 3.63) is 0 Å². The topological polar surface area (TPSA) is 0 Å². The smallest absolute Gasteiger partial charge is 0.199 e. The average molecular weight is 444 g/mol. The highest BCUT2D eigenvalue weighted by molar-refractivity contribution is 5.12. The molecule has 1 aliphatic carbocycles. The first-order valence-electron chi connectivity index (χ1n) is 8.15. The summed E-state index contributed by atoms with van der Waals surface area (Å²) in [6.45, 7) is 2.75. The van der Waals surface area contributed by atoms with Gasteiger partial charge in [-0.1, -0.05) is 26.7 Å². The Labute approximate surface area is 151 Å². The second-order valence-electron chi connectivity index (χ2n) is 7.15. The van der Waals surface area contributed by atoms with Gasteiger partial charge in [-0.15, -0.1) is 0 Å². The van der Waals surface area contributed by atoms with Crippen molar-refractivity contribution in [2.75, 3.05) is 0 Å². The molecule has 0 aromatic carbocycles. The Balaban J connectivity index is 3.45. The Hall–Kier alpha value is -0.910. The summed E-state index contributed by atoms with van der Waals surface area (Å²) in [6, 6.07) is 0. The Kier molecular flexibility index (Phi) is 6.37. The van der Waals surface area contributed by atoms with Crippen molar-refractivity contribution in [2.24, 2.45) is 17.8 Å². The molecule has 168 valence electrons. The van der Waals surface area contributed by atoms with Crippen LogP contribution in [0.3, 0.4) is 0 Å². The molecule has 0 radical (unpaired) electrons. The molecule has 1 fully saturated rings. The van der Waals surface area contributed by atoms with Gasteiger partial charge in [0, 0.05) is 5.92 Å². The second-order valence-corrected chi connectivity index (χ2v) is 7.15. The van der Waals surface area contributed by atoms with Crippen LogP contribution < -0.4 is 0 Å². The maximum Gasteiger partial charge on any atom is 0.460 e. The fraction of sp³-hybridized carbons (Fsp3) is 1.00. The van der Waals surface area contributed by atoms with Gasteiger partial charge in [-0.25, -0.2) is 0 Å². The highest BCUT2D eigenvalue weighted by Gasteiger charge is 2.91. The summed E-state index contributed by atoms with van der Waals surface area (Å²) in [7, 11) is 0. The Morgan fingerprint density at radius 1 is 0.643 bits per heavy atom. The quantitative estimate of drug-likeness (QED) is 0.365. The van der Waals surface area contributed by atoms with E-state index in [9.17, 15) is 57.1 Å². The van der Waals surface area contributed by atoms with Crippen LogP contribution in [0.5, 0.6) is 0 Å². The normalized spacial score (nSPS) is 26.0. The predicted molar refractivity (Wildman–Crippen MR) is 71.1 cm³/mol. The van der Waals surface area contributed by atoms with Crippen LogP contribution in [0.4, 0.5) is 57.1 Å². The molecule has 0 aromatic rings. The van der Waals surface area contributed by atoms with Gasteiger partial charge in [-0.05, 0) is 24.7 Å². The van der Waals surface area contributed by atoms with Crippen LogP contribution in [0.2, 0.25) is 0 Å². The van der Waals surface area contributed by atoms with E-state index < -0.39 is 60.0 Å². The lowest BCUT2D eigenvalue weighted by atomic mass is 9.80. The Bertz CT molecular complexity index is 549. The van der Waals surface area contributed by atoms with Crippen molar-refractivity contribution in [1.29, 1.82) is 0 Å². The summed E-state index contributed by atoms with van der Waals surface area (Å²) in [5.41, 5.74) is 0. The van der Waals surface area contributed by atoms with E-state index in [-0.39, 0.29) is 19.3 Å². The predicted octanol–water partition coefficient (Wildman–Crippen LogP) is 7.19. The molecular weight excluding hydrogens is 427 g/mol. The van der Waals surface area contributed by atoms with Crippen LogP contribution in [0.1, 0.15) is 39.5 Å². The van der Waals surface area contributed by atoms with Gasteiger partial charge in [-0.3, -0.25) is 0 Å². The first-order chi connectivity index (χ1) is 12.2. The molecule has 3 atom stereocenters. The number of hydrogen-bond donors (Lipinski definition) is 0. The monoisotopic (exact) mass is 444 g/mol. The zero-order chi connectivity index (χ0) is 22.6. The third-order valence-electron chi connectivity index (χ3n) is 5.01. The molecule has 0 heterocycles. The molecular formula is C15H17F13. The molecule has 28 heavy (non-hydrogen) atoms. The maximum atomic E-state index is 14.3. The van der Waals surface area contributed by atoms with Crippen LogP contribution in [0, 0.1) is 17.8 Å². The summed E-state index contributed by atoms with van der Waals surface area (Å²) in [4.78, 5) is 0. The Morgan fingerprint density at radius 2 is 1.07 bits per heavy atom. The number of alkyl halides is 13.